The second kappa shape index (κ2) is 9.58. The molecule has 32 heavy (non-hydrogen) atoms. The van der Waals surface area contributed by atoms with Crippen molar-refractivity contribution in [3.05, 3.63) is 35.8 Å². The topological polar surface area (TPSA) is 87.7 Å². The molecular formula is C22H30FN5O3S. The van der Waals surface area contributed by atoms with Gasteiger partial charge in [-0.25, -0.2) is 17.8 Å². The predicted molar refractivity (Wildman–Crippen MR) is 121 cm³/mol. The molecule has 4 rings (SSSR count). The van der Waals surface area contributed by atoms with Gasteiger partial charge in [0, 0.05) is 44.0 Å². The number of aryl methyl sites for hydroxylation is 1. The third kappa shape index (κ3) is 4.96. The minimum atomic E-state index is -3.78. The van der Waals surface area contributed by atoms with E-state index in [0.29, 0.717) is 38.2 Å². The molecule has 2 aromatic rings. The summed E-state index contributed by atoms with van der Waals surface area (Å²) < 4.78 is 46.3. The quantitative estimate of drug-likeness (QED) is 0.704. The molecule has 0 radical (unpaired) electrons. The van der Waals surface area contributed by atoms with Crippen LogP contribution in [-0.2, 0) is 10.0 Å². The van der Waals surface area contributed by atoms with Gasteiger partial charge in [-0.15, -0.1) is 0 Å². The van der Waals surface area contributed by atoms with Crippen molar-refractivity contribution in [2.24, 2.45) is 0 Å². The van der Waals surface area contributed by atoms with Gasteiger partial charge in [0.05, 0.1) is 12.0 Å². The number of rotatable bonds is 6. The number of methoxy groups -OCH3 is 1. The zero-order valence-electron chi connectivity index (χ0n) is 18.6. The lowest BCUT2D eigenvalue weighted by atomic mass is 9.96. The van der Waals surface area contributed by atoms with Crippen LogP contribution in [0.5, 0.6) is 5.75 Å². The zero-order chi connectivity index (χ0) is 22.7. The molecule has 0 spiro atoms. The molecule has 174 valence electrons. The number of anilines is 2. The summed E-state index contributed by atoms with van der Waals surface area (Å²) in [5.74, 6) is 0.756. The van der Waals surface area contributed by atoms with E-state index in [1.165, 1.54) is 42.8 Å². The van der Waals surface area contributed by atoms with E-state index in [2.05, 4.69) is 15.2 Å². The highest BCUT2D eigenvalue weighted by molar-refractivity contribution is 7.89. The Hall–Kier alpha value is -2.46. The first-order valence-corrected chi connectivity index (χ1v) is 12.5. The molecule has 1 aliphatic carbocycles. The van der Waals surface area contributed by atoms with Crippen molar-refractivity contribution in [1.29, 1.82) is 0 Å². The van der Waals surface area contributed by atoms with Gasteiger partial charge in [0.25, 0.3) is 0 Å². The standard InChI is InChI=1S/C22H30FN5O3S/c1-16-14-21(26-22(24-16)25-17-6-4-3-5-7-17)27-10-12-28(13-11-27)32(29,30)18-8-9-20(31-2)19(23)15-18/h8-9,14-15,17H,3-7,10-13H2,1-2H3,(H,24,25,26). The Balaban J connectivity index is 1.43. The minimum Gasteiger partial charge on any atom is -0.494 e. The van der Waals surface area contributed by atoms with E-state index in [1.54, 1.807) is 0 Å². The van der Waals surface area contributed by atoms with Crippen LogP contribution in [0, 0.1) is 12.7 Å². The second-order valence-electron chi connectivity index (χ2n) is 8.36. The Labute approximate surface area is 188 Å². The minimum absolute atomic E-state index is 0.0190. The molecule has 8 nitrogen and oxygen atoms in total. The summed E-state index contributed by atoms with van der Waals surface area (Å²) in [6, 6.07) is 6.06. The average molecular weight is 464 g/mol. The van der Waals surface area contributed by atoms with Crippen LogP contribution >= 0.6 is 0 Å². The van der Waals surface area contributed by atoms with Crippen LogP contribution in [0.3, 0.4) is 0 Å². The fraction of sp³-hybridized carbons (Fsp3) is 0.545. The van der Waals surface area contributed by atoms with Crippen LogP contribution in [0.25, 0.3) is 0 Å². The molecule has 1 aliphatic heterocycles. The first-order chi connectivity index (χ1) is 15.4. The zero-order valence-corrected chi connectivity index (χ0v) is 19.4. The molecule has 1 saturated carbocycles. The van der Waals surface area contributed by atoms with Gasteiger partial charge in [-0.2, -0.15) is 9.29 Å². The number of hydrogen-bond donors (Lipinski definition) is 1. The fourth-order valence-electron chi connectivity index (χ4n) is 4.32. The Kier molecular flexibility index (Phi) is 6.80. The molecule has 0 bridgehead atoms. The van der Waals surface area contributed by atoms with Crippen molar-refractivity contribution >= 4 is 21.8 Å². The van der Waals surface area contributed by atoms with Crippen LogP contribution in [0.4, 0.5) is 16.2 Å². The summed E-state index contributed by atoms with van der Waals surface area (Å²) in [5.41, 5.74) is 0.872. The number of hydrogen-bond acceptors (Lipinski definition) is 7. The molecule has 1 aromatic carbocycles. The van der Waals surface area contributed by atoms with Gasteiger partial charge in [-0.1, -0.05) is 19.3 Å². The van der Waals surface area contributed by atoms with E-state index in [-0.39, 0.29) is 10.6 Å². The Bertz CT molecular complexity index is 1050. The third-order valence-corrected chi connectivity index (χ3v) is 8.00. The van der Waals surface area contributed by atoms with Gasteiger partial charge < -0.3 is 15.0 Å². The van der Waals surface area contributed by atoms with Crippen molar-refractivity contribution in [2.75, 3.05) is 43.5 Å². The number of piperazine rings is 1. The summed E-state index contributed by atoms with van der Waals surface area (Å²) in [4.78, 5) is 11.2. The SMILES string of the molecule is COc1ccc(S(=O)(=O)N2CCN(c3cc(C)nc(NC4CCCCC4)n3)CC2)cc1F. The first kappa shape index (κ1) is 22.7. The average Bonchev–Trinajstić information content (AvgIpc) is 2.79. The van der Waals surface area contributed by atoms with E-state index < -0.39 is 15.8 Å². The first-order valence-electron chi connectivity index (χ1n) is 11.1. The lowest BCUT2D eigenvalue weighted by Gasteiger charge is -2.35. The molecule has 0 amide bonds. The van der Waals surface area contributed by atoms with E-state index in [1.807, 2.05) is 13.0 Å². The van der Waals surface area contributed by atoms with Gasteiger partial charge in [-0.05, 0) is 38.0 Å². The highest BCUT2D eigenvalue weighted by atomic mass is 32.2. The molecule has 1 aromatic heterocycles. The van der Waals surface area contributed by atoms with Gasteiger partial charge in [-0.3, -0.25) is 0 Å². The normalized spacial score (nSPS) is 18.5. The number of ether oxygens (including phenoxy) is 1. The van der Waals surface area contributed by atoms with E-state index in [9.17, 15) is 12.8 Å². The lowest BCUT2D eigenvalue weighted by molar-refractivity contribution is 0.379. The molecule has 0 atom stereocenters. The van der Waals surface area contributed by atoms with Crippen molar-refractivity contribution in [1.82, 2.24) is 14.3 Å². The Morgan fingerprint density at radius 3 is 2.44 bits per heavy atom. The third-order valence-electron chi connectivity index (χ3n) is 6.10. The van der Waals surface area contributed by atoms with Gasteiger partial charge in [0.1, 0.15) is 5.82 Å². The number of sulfonamides is 1. The second-order valence-corrected chi connectivity index (χ2v) is 10.3. The Morgan fingerprint density at radius 2 is 1.78 bits per heavy atom. The summed E-state index contributed by atoms with van der Waals surface area (Å²) >= 11 is 0. The number of halogens is 1. The summed E-state index contributed by atoms with van der Waals surface area (Å²) in [7, 11) is -2.44. The molecule has 0 unspecified atom stereocenters. The molecule has 2 fully saturated rings. The smallest absolute Gasteiger partial charge is 0.243 e. The lowest BCUT2D eigenvalue weighted by Crippen LogP contribution is -2.49. The van der Waals surface area contributed by atoms with Gasteiger partial charge >= 0.3 is 0 Å². The van der Waals surface area contributed by atoms with Crippen molar-refractivity contribution in [3.8, 4) is 5.75 Å². The van der Waals surface area contributed by atoms with Crippen LogP contribution in [0.15, 0.2) is 29.2 Å². The fourth-order valence-corrected chi connectivity index (χ4v) is 5.76. The van der Waals surface area contributed by atoms with Gasteiger partial charge in [0.2, 0.25) is 16.0 Å². The monoisotopic (exact) mass is 463 g/mol. The summed E-state index contributed by atoms with van der Waals surface area (Å²) in [6.45, 7) is 3.53. The van der Waals surface area contributed by atoms with Gasteiger partial charge in [0.15, 0.2) is 11.6 Å². The molecule has 2 aliphatic rings. The van der Waals surface area contributed by atoms with Crippen LogP contribution in [0.2, 0.25) is 0 Å². The van der Waals surface area contributed by atoms with Crippen LogP contribution < -0.4 is 15.0 Å². The van der Waals surface area contributed by atoms with Crippen molar-refractivity contribution in [2.45, 2.75) is 50.0 Å². The van der Waals surface area contributed by atoms with E-state index >= 15 is 0 Å². The highest BCUT2D eigenvalue weighted by Crippen LogP contribution is 2.26. The molecule has 2 heterocycles. The maximum atomic E-state index is 14.0. The number of nitrogens with zero attached hydrogens (tertiary/aromatic N) is 4. The summed E-state index contributed by atoms with van der Waals surface area (Å²) in [5, 5.41) is 3.47. The molecule has 1 saturated heterocycles. The molecular weight excluding hydrogens is 433 g/mol. The van der Waals surface area contributed by atoms with Crippen molar-refractivity contribution < 1.29 is 17.5 Å². The molecule has 10 heteroatoms. The maximum absolute atomic E-state index is 14.0. The van der Waals surface area contributed by atoms with E-state index in [4.69, 9.17) is 9.72 Å². The van der Waals surface area contributed by atoms with E-state index in [0.717, 1.165) is 30.4 Å². The van der Waals surface area contributed by atoms with Crippen LogP contribution in [-0.4, -0.2) is 62.0 Å². The number of nitrogens with one attached hydrogen (secondary N) is 1. The maximum Gasteiger partial charge on any atom is 0.243 e. The highest BCUT2D eigenvalue weighted by Gasteiger charge is 2.30. The van der Waals surface area contributed by atoms with Crippen molar-refractivity contribution in [3.63, 3.8) is 0 Å². The molecule has 1 N–H and O–H groups in total. The number of benzene rings is 1. The predicted octanol–water partition coefficient (Wildman–Crippen LogP) is 3.19. The largest absolute Gasteiger partial charge is 0.494 e. The Morgan fingerprint density at radius 1 is 1.06 bits per heavy atom. The van der Waals surface area contributed by atoms with Crippen LogP contribution in [0.1, 0.15) is 37.8 Å². The summed E-state index contributed by atoms with van der Waals surface area (Å²) in [6.07, 6.45) is 6.01. The number of aromatic nitrogens is 2.